The summed E-state index contributed by atoms with van der Waals surface area (Å²) >= 11 is 0. The number of carbonyl (C=O) groups is 1. The molecule has 1 aliphatic rings. The molecule has 94 valence electrons. The Morgan fingerprint density at radius 3 is 2.88 bits per heavy atom. The van der Waals surface area contributed by atoms with Gasteiger partial charge in [0.15, 0.2) is 0 Å². The number of amides is 1. The maximum absolute atomic E-state index is 12.1. The van der Waals surface area contributed by atoms with Crippen LogP contribution in [0.2, 0.25) is 0 Å². The van der Waals surface area contributed by atoms with Gasteiger partial charge in [0.25, 0.3) is 0 Å². The van der Waals surface area contributed by atoms with Crippen LogP contribution in [0.3, 0.4) is 0 Å². The summed E-state index contributed by atoms with van der Waals surface area (Å²) in [5.41, 5.74) is -0.225. The molecule has 1 amide bonds. The summed E-state index contributed by atoms with van der Waals surface area (Å²) in [6, 6.07) is 0. The van der Waals surface area contributed by atoms with Crippen molar-refractivity contribution >= 4 is 5.91 Å². The van der Waals surface area contributed by atoms with E-state index < -0.39 is 0 Å². The number of hydrogen-bond donors (Lipinski definition) is 3. The molecule has 1 heterocycles. The molecule has 1 saturated heterocycles. The van der Waals surface area contributed by atoms with E-state index in [1.54, 1.807) is 6.92 Å². The largest absolute Gasteiger partial charge is 0.393 e. The minimum absolute atomic E-state index is 0.142. The lowest BCUT2D eigenvalue weighted by atomic mass is 9.77. The zero-order valence-electron chi connectivity index (χ0n) is 10.4. The van der Waals surface area contributed by atoms with E-state index in [-0.39, 0.29) is 17.4 Å². The van der Waals surface area contributed by atoms with Crippen LogP contribution in [0.5, 0.6) is 0 Å². The summed E-state index contributed by atoms with van der Waals surface area (Å²) in [4.78, 5) is 12.1. The molecule has 1 aliphatic heterocycles. The number of piperidine rings is 1. The van der Waals surface area contributed by atoms with Crippen molar-refractivity contribution in [3.05, 3.63) is 0 Å². The molecule has 2 atom stereocenters. The van der Waals surface area contributed by atoms with Crippen LogP contribution in [0.4, 0.5) is 0 Å². The van der Waals surface area contributed by atoms with Crippen molar-refractivity contribution in [2.75, 3.05) is 19.6 Å². The Hall–Kier alpha value is -0.610. The normalized spacial score (nSPS) is 27.4. The van der Waals surface area contributed by atoms with Gasteiger partial charge < -0.3 is 15.7 Å². The summed E-state index contributed by atoms with van der Waals surface area (Å²) in [5, 5.41) is 15.4. The SMILES string of the molecule is CCC1(C(=O)NCCC(C)O)CCCNC1. The first kappa shape index (κ1) is 13.5. The van der Waals surface area contributed by atoms with Crippen molar-refractivity contribution in [1.29, 1.82) is 0 Å². The van der Waals surface area contributed by atoms with Crippen LogP contribution < -0.4 is 10.6 Å². The van der Waals surface area contributed by atoms with Crippen LogP contribution in [0.1, 0.15) is 39.5 Å². The summed E-state index contributed by atoms with van der Waals surface area (Å²) in [6.45, 7) is 6.18. The minimum Gasteiger partial charge on any atom is -0.393 e. The number of aliphatic hydroxyl groups excluding tert-OH is 1. The first-order valence-corrected chi connectivity index (χ1v) is 6.28. The third kappa shape index (κ3) is 3.46. The van der Waals surface area contributed by atoms with Crippen molar-refractivity contribution in [3.63, 3.8) is 0 Å². The molecule has 16 heavy (non-hydrogen) atoms. The predicted molar refractivity (Wildman–Crippen MR) is 64.1 cm³/mol. The fraction of sp³-hybridized carbons (Fsp3) is 0.917. The van der Waals surface area contributed by atoms with E-state index in [1.165, 1.54) is 0 Å². The molecule has 0 saturated carbocycles. The highest BCUT2D eigenvalue weighted by Crippen LogP contribution is 2.30. The Balaban J connectivity index is 2.42. The monoisotopic (exact) mass is 228 g/mol. The number of aliphatic hydroxyl groups is 1. The Kier molecular flexibility index (Phi) is 5.22. The van der Waals surface area contributed by atoms with Crippen molar-refractivity contribution < 1.29 is 9.90 Å². The molecular weight excluding hydrogens is 204 g/mol. The van der Waals surface area contributed by atoms with Gasteiger partial charge in [-0.15, -0.1) is 0 Å². The second kappa shape index (κ2) is 6.21. The van der Waals surface area contributed by atoms with E-state index in [2.05, 4.69) is 17.6 Å². The molecule has 0 spiro atoms. The van der Waals surface area contributed by atoms with Gasteiger partial charge in [-0.2, -0.15) is 0 Å². The van der Waals surface area contributed by atoms with Crippen molar-refractivity contribution in [3.8, 4) is 0 Å². The first-order valence-electron chi connectivity index (χ1n) is 6.28. The van der Waals surface area contributed by atoms with E-state index >= 15 is 0 Å². The van der Waals surface area contributed by atoms with Crippen LogP contribution in [-0.4, -0.2) is 36.8 Å². The van der Waals surface area contributed by atoms with Gasteiger partial charge in [-0.3, -0.25) is 4.79 Å². The summed E-state index contributed by atoms with van der Waals surface area (Å²) < 4.78 is 0. The van der Waals surface area contributed by atoms with Gasteiger partial charge in [-0.1, -0.05) is 6.92 Å². The quantitative estimate of drug-likeness (QED) is 0.647. The molecule has 2 unspecified atom stereocenters. The predicted octanol–water partition coefficient (Wildman–Crippen LogP) is 0.653. The fourth-order valence-corrected chi connectivity index (χ4v) is 2.21. The van der Waals surface area contributed by atoms with Gasteiger partial charge in [0.2, 0.25) is 5.91 Å². The van der Waals surface area contributed by atoms with Crippen LogP contribution >= 0.6 is 0 Å². The lowest BCUT2D eigenvalue weighted by molar-refractivity contribution is -0.132. The molecule has 0 aromatic heterocycles. The lowest BCUT2D eigenvalue weighted by Gasteiger charge is -2.35. The van der Waals surface area contributed by atoms with Gasteiger partial charge in [0.1, 0.15) is 0 Å². The number of nitrogens with one attached hydrogen (secondary N) is 2. The third-order valence-corrected chi connectivity index (χ3v) is 3.48. The minimum atomic E-state index is -0.345. The number of carbonyl (C=O) groups excluding carboxylic acids is 1. The molecular formula is C12H24N2O2. The Morgan fingerprint density at radius 2 is 2.38 bits per heavy atom. The Morgan fingerprint density at radius 1 is 1.62 bits per heavy atom. The molecule has 0 aliphatic carbocycles. The van der Waals surface area contributed by atoms with Gasteiger partial charge >= 0.3 is 0 Å². The molecule has 4 heteroatoms. The maximum Gasteiger partial charge on any atom is 0.227 e. The topological polar surface area (TPSA) is 61.4 Å². The van der Waals surface area contributed by atoms with E-state index in [0.29, 0.717) is 13.0 Å². The summed E-state index contributed by atoms with van der Waals surface area (Å²) in [7, 11) is 0. The van der Waals surface area contributed by atoms with Gasteiger partial charge in [-0.05, 0) is 39.2 Å². The molecule has 0 aromatic rings. The molecule has 0 aromatic carbocycles. The molecule has 4 nitrogen and oxygen atoms in total. The fourth-order valence-electron chi connectivity index (χ4n) is 2.21. The first-order chi connectivity index (χ1) is 7.60. The molecule has 0 bridgehead atoms. The third-order valence-electron chi connectivity index (χ3n) is 3.48. The summed E-state index contributed by atoms with van der Waals surface area (Å²) in [5.74, 6) is 0.142. The molecule has 3 N–H and O–H groups in total. The van der Waals surface area contributed by atoms with Crippen LogP contribution in [0.15, 0.2) is 0 Å². The van der Waals surface area contributed by atoms with E-state index in [4.69, 9.17) is 5.11 Å². The highest BCUT2D eigenvalue weighted by atomic mass is 16.3. The zero-order chi connectivity index (χ0) is 12.0. The summed E-state index contributed by atoms with van der Waals surface area (Å²) in [6.07, 6.45) is 3.19. The van der Waals surface area contributed by atoms with E-state index in [9.17, 15) is 4.79 Å². The highest BCUT2D eigenvalue weighted by Gasteiger charge is 2.37. The average molecular weight is 228 g/mol. The van der Waals surface area contributed by atoms with Crippen LogP contribution in [0.25, 0.3) is 0 Å². The molecule has 1 fully saturated rings. The maximum atomic E-state index is 12.1. The van der Waals surface area contributed by atoms with Crippen LogP contribution in [-0.2, 0) is 4.79 Å². The van der Waals surface area contributed by atoms with Gasteiger partial charge in [-0.25, -0.2) is 0 Å². The number of rotatable bonds is 5. The van der Waals surface area contributed by atoms with E-state index in [0.717, 1.165) is 32.4 Å². The average Bonchev–Trinajstić information content (AvgIpc) is 2.29. The highest BCUT2D eigenvalue weighted by molar-refractivity contribution is 5.82. The van der Waals surface area contributed by atoms with Crippen molar-refractivity contribution in [1.82, 2.24) is 10.6 Å². The van der Waals surface area contributed by atoms with E-state index in [1.807, 2.05) is 0 Å². The van der Waals surface area contributed by atoms with Crippen molar-refractivity contribution in [2.45, 2.75) is 45.6 Å². The second-order valence-electron chi connectivity index (χ2n) is 4.81. The standard InChI is InChI=1S/C12H24N2O2/c1-3-12(6-4-7-13-9-12)11(16)14-8-5-10(2)15/h10,13,15H,3-9H2,1-2H3,(H,14,16). The second-order valence-corrected chi connectivity index (χ2v) is 4.81. The molecule has 0 radical (unpaired) electrons. The molecule has 1 rings (SSSR count). The van der Waals surface area contributed by atoms with Gasteiger partial charge in [0.05, 0.1) is 11.5 Å². The zero-order valence-corrected chi connectivity index (χ0v) is 10.4. The van der Waals surface area contributed by atoms with Crippen LogP contribution in [0, 0.1) is 5.41 Å². The Labute approximate surface area is 97.8 Å². The Bertz CT molecular complexity index is 223. The van der Waals surface area contributed by atoms with Crippen molar-refractivity contribution in [2.24, 2.45) is 5.41 Å². The lowest BCUT2D eigenvalue weighted by Crippen LogP contribution is -2.50. The smallest absolute Gasteiger partial charge is 0.227 e. The number of hydrogen-bond acceptors (Lipinski definition) is 3. The van der Waals surface area contributed by atoms with Gasteiger partial charge in [0, 0.05) is 13.1 Å².